The van der Waals surface area contributed by atoms with Gasteiger partial charge in [-0.3, -0.25) is 4.90 Å². The van der Waals surface area contributed by atoms with Gasteiger partial charge in [0, 0.05) is 57.6 Å². The zero-order chi connectivity index (χ0) is 13.8. The Morgan fingerprint density at radius 2 is 1.95 bits per heavy atom. The molecule has 106 valence electrons. The Kier molecular flexibility index (Phi) is 4.66. The fourth-order valence-corrected chi connectivity index (χ4v) is 2.59. The van der Waals surface area contributed by atoms with E-state index in [9.17, 15) is 0 Å². The summed E-state index contributed by atoms with van der Waals surface area (Å²) in [5, 5.41) is 3.40. The molecular weight excluding hydrogens is 238 g/mol. The topological polar surface area (TPSA) is 27.7 Å². The van der Waals surface area contributed by atoms with E-state index in [4.69, 9.17) is 4.74 Å². The van der Waals surface area contributed by atoms with Crippen LogP contribution in [0.25, 0.3) is 0 Å². The molecule has 1 atom stereocenters. The highest BCUT2D eigenvalue weighted by atomic mass is 16.5. The van der Waals surface area contributed by atoms with Gasteiger partial charge in [0.05, 0.1) is 7.11 Å². The lowest BCUT2D eigenvalue weighted by molar-refractivity contribution is 0.182. The number of hydrogen-bond acceptors (Lipinski definition) is 4. The Labute approximate surface area is 116 Å². The van der Waals surface area contributed by atoms with E-state index in [1.807, 2.05) is 0 Å². The molecule has 0 radical (unpaired) electrons. The number of anilines is 1. The molecule has 1 aliphatic heterocycles. The van der Waals surface area contributed by atoms with E-state index in [0.717, 1.165) is 31.9 Å². The van der Waals surface area contributed by atoms with Crippen molar-refractivity contribution in [1.29, 1.82) is 0 Å². The summed E-state index contributed by atoms with van der Waals surface area (Å²) >= 11 is 0. The van der Waals surface area contributed by atoms with Crippen molar-refractivity contribution in [3.8, 4) is 5.75 Å². The number of nitrogens with one attached hydrogen (secondary N) is 1. The molecule has 1 aromatic carbocycles. The molecule has 4 heteroatoms. The van der Waals surface area contributed by atoms with E-state index in [2.05, 4.69) is 54.3 Å². The van der Waals surface area contributed by atoms with Crippen molar-refractivity contribution in [2.24, 2.45) is 0 Å². The SMILES string of the molecule is COc1ccc(N(C)C)cc1C(C)N1CCNCC1. The Balaban J connectivity index is 2.27. The minimum atomic E-state index is 0.386. The largest absolute Gasteiger partial charge is 0.496 e. The van der Waals surface area contributed by atoms with Gasteiger partial charge in [-0.25, -0.2) is 0 Å². The molecule has 0 bridgehead atoms. The summed E-state index contributed by atoms with van der Waals surface area (Å²) in [4.78, 5) is 4.64. The van der Waals surface area contributed by atoms with Crippen molar-refractivity contribution in [2.45, 2.75) is 13.0 Å². The van der Waals surface area contributed by atoms with Crippen LogP contribution in [0.15, 0.2) is 18.2 Å². The molecule has 1 N–H and O–H groups in total. The number of piperazine rings is 1. The van der Waals surface area contributed by atoms with Crippen LogP contribution in [-0.4, -0.2) is 52.3 Å². The molecule has 1 saturated heterocycles. The van der Waals surface area contributed by atoms with E-state index in [-0.39, 0.29) is 0 Å². The van der Waals surface area contributed by atoms with E-state index in [1.165, 1.54) is 11.3 Å². The Bertz CT molecular complexity index is 414. The van der Waals surface area contributed by atoms with Crippen LogP contribution in [0.3, 0.4) is 0 Å². The zero-order valence-corrected chi connectivity index (χ0v) is 12.4. The Hall–Kier alpha value is -1.26. The molecule has 0 spiro atoms. The molecule has 0 aliphatic carbocycles. The summed E-state index contributed by atoms with van der Waals surface area (Å²) < 4.78 is 5.53. The van der Waals surface area contributed by atoms with Crippen molar-refractivity contribution >= 4 is 5.69 Å². The van der Waals surface area contributed by atoms with Gasteiger partial charge in [-0.05, 0) is 25.1 Å². The van der Waals surface area contributed by atoms with Gasteiger partial charge in [-0.2, -0.15) is 0 Å². The summed E-state index contributed by atoms with van der Waals surface area (Å²) in [6.07, 6.45) is 0. The first-order chi connectivity index (χ1) is 9.13. The molecule has 0 aromatic heterocycles. The summed E-state index contributed by atoms with van der Waals surface area (Å²) in [6.45, 7) is 6.59. The average molecular weight is 263 g/mol. The minimum Gasteiger partial charge on any atom is -0.496 e. The van der Waals surface area contributed by atoms with E-state index in [1.54, 1.807) is 7.11 Å². The maximum absolute atomic E-state index is 5.53. The summed E-state index contributed by atoms with van der Waals surface area (Å²) in [7, 11) is 5.89. The minimum absolute atomic E-state index is 0.386. The lowest BCUT2D eigenvalue weighted by Crippen LogP contribution is -2.44. The number of methoxy groups -OCH3 is 1. The van der Waals surface area contributed by atoms with E-state index < -0.39 is 0 Å². The van der Waals surface area contributed by atoms with Gasteiger partial charge in [-0.15, -0.1) is 0 Å². The highest BCUT2D eigenvalue weighted by Crippen LogP contribution is 2.32. The second-order valence-electron chi connectivity index (χ2n) is 5.28. The maximum atomic E-state index is 5.53. The highest BCUT2D eigenvalue weighted by molar-refractivity contribution is 5.53. The second-order valence-corrected chi connectivity index (χ2v) is 5.28. The van der Waals surface area contributed by atoms with Crippen molar-refractivity contribution in [3.05, 3.63) is 23.8 Å². The molecule has 0 amide bonds. The first kappa shape index (κ1) is 14.2. The summed E-state index contributed by atoms with van der Waals surface area (Å²) in [5.41, 5.74) is 2.49. The van der Waals surface area contributed by atoms with Crippen LogP contribution in [-0.2, 0) is 0 Å². The van der Waals surface area contributed by atoms with Crippen LogP contribution in [0.2, 0.25) is 0 Å². The van der Waals surface area contributed by atoms with Gasteiger partial charge in [0.2, 0.25) is 0 Å². The smallest absolute Gasteiger partial charge is 0.123 e. The van der Waals surface area contributed by atoms with Crippen molar-refractivity contribution in [2.75, 3.05) is 52.3 Å². The molecule has 1 fully saturated rings. The molecule has 1 aromatic rings. The Morgan fingerprint density at radius 1 is 1.26 bits per heavy atom. The monoisotopic (exact) mass is 263 g/mol. The highest BCUT2D eigenvalue weighted by Gasteiger charge is 2.21. The molecule has 0 saturated carbocycles. The predicted octanol–water partition coefficient (Wildman–Crippen LogP) is 1.73. The third-order valence-electron chi connectivity index (χ3n) is 3.88. The third kappa shape index (κ3) is 3.19. The quantitative estimate of drug-likeness (QED) is 0.895. The predicted molar refractivity (Wildman–Crippen MR) is 80.2 cm³/mol. The van der Waals surface area contributed by atoms with Gasteiger partial charge < -0.3 is 15.0 Å². The van der Waals surface area contributed by atoms with Crippen LogP contribution in [0.4, 0.5) is 5.69 Å². The van der Waals surface area contributed by atoms with Gasteiger partial charge >= 0.3 is 0 Å². The van der Waals surface area contributed by atoms with Crippen LogP contribution >= 0.6 is 0 Å². The number of benzene rings is 1. The molecule has 4 nitrogen and oxygen atoms in total. The van der Waals surface area contributed by atoms with E-state index in [0.29, 0.717) is 6.04 Å². The lowest BCUT2D eigenvalue weighted by Gasteiger charge is -2.34. The van der Waals surface area contributed by atoms with E-state index >= 15 is 0 Å². The fraction of sp³-hybridized carbons (Fsp3) is 0.600. The lowest BCUT2D eigenvalue weighted by atomic mass is 10.0. The maximum Gasteiger partial charge on any atom is 0.123 e. The first-order valence-corrected chi connectivity index (χ1v) is 6.93. The van der Waals surface area contributed by atoms with Crippen LogP contribution in [0, 0.1) is 0 Å². The van der Waals surface area contributed by atoms with Crippen molar-refractivity contribution in [3.63, 3.8) is 0 Å². The third-order valence-corrected chi connectivity index (χ3v) is 3.88. The van der Waals surface area contributed by atoms with Crippen molar-refractivity contribution in [1.82, 2.24) is 10.2 Å². The number of nitrogens with zero attached hydrogens (tertiary/aromatic N) is 2. The fourth-order valence-electron chi connectivity index (χ4n) is 2.59. The molecular formula is C15H25N3O. The van der Waals surface area contributed by atoms with Gasteiger partial charge in [0.25, 0.3) is 0 Å². The first-order valence-electron chi connectivity index (χ1n) is 6.93. The number of ether oxygens (including phenoxy) is 1. The van der Waals surface area contributed by atoms with Crippen LogP contribution in [0.1, 0.15) is 18.5 Å². The van der Waals surface area contributed by atoms with Gasteiger partial charge in [-0.1, -0.05) is 0 Å². The summed E-state index contributed by atoms with van der Waals surface area (Å²) in [5.74, 6) is 0.983. The molecule has 1 aliphatic rings. The normalized spacial score (nSPS) is 18.1. The van der Waals surface area contributed by atoms with Gasteiger partial charge in [0.15, 0.2) is 0 Å². The molecule has 1 heterocycles. The average Bonchev–Trinajstić information content (AvgIpc) is 2.46. The molecule has 2 rings (SSSR count). The van der Waals surface area contributed by atoms with Crippen LogP contribution < -0.4 is 15.0 Å². The second kappa shape index (κ2) is 6.26. The number of hydrogen-bond donors (Lipinski definition) is 1. The number of rotatable bonds is 4. The summed E-state index contributed by atoms with van der Waals surface area (Å²) in [6, 6.07) is 6.80. The Morgan fingerprint density at radius 3 is 2.53 bits per heavy atom. The standard InChI is InChI=1S/C15H25N3O/c1-12(18-9-7-16-8-10-18)14-11-13(17(2)3)5-6-15(14)19-4/h5-6,11-12,16H,7-10H2,1-4H3. The van der Waals surface area contributed by atoms with Crippen LogP contribution in [0.5, 0.6) is 5.75 Å². The van der Waals surface area contributed by atoms with Gasteiger partial charge in [0.1, 0.15) is 5.75 Å². The zero-order valence-electron chi connectivity index (χ0n) is 12.4. The molecule has 19 heavy (non-hydrogen) atoms. The van der Waals surface area contributed by atoms with Crippen molar-refractivity contribution < 1.29 is 4.74 Å². The molecule has 1 unspecified atom stereocenters.